The lowest BCUT2D eigenvalue weighted by molar-refractivity contribution is -0.946. The highest BCUT2D eigenvalue weighted by Crippen LogP contribution is 2.31. The van der Waals surface area contributed by atoms with Crippen molar-refractivity contribution >= 4 is 34.3 Å². The summed E-state index contributed by atoms with van der Waals surface area (Å²) in [5.41, 5.74) is 2.69. The molecule has 0 aliphatic carbocycles. The highest BCUT2D eigenvalue weighted by Gasteiger charge is 2.38. The molecule has 28 heavy (non-hydrogen) atoms. The molecule has 0 saturated heterocycles. The first kappa shape index (κ1) is 23.3. The number of ether oxygens (including phenoxy) is 1. The van der Waals surface area contributed by atoms with Gasteiger partial charge >= 0.3 is 5.43 Å². The van der Waals surface area contributed by atoms with Gasteiger partial charge in [-0.1, -0.05) is 52.0 Å². The Kier molecular flexibility index (Phi) is 9.89. The first-order valence-corrected chi connectivity index (χ1v) is 11.8. The summed E-state index contributed by atoms with van der Waals surface area (Å²) in [4.78, 5) is 11.4. The van der Waals surface area contributed by atoms with Crippen LogP contribution in [-0.2, 0) is 11.2 Å². The van der Waals surface area contributed by atoms with E-state index in [9.17, 15) is 4.79 Å². The van der Waals surface area contributed by atoms with Crippen LogP contribution in [0.1, 0.15) is 83.0 Å². The molecular formula is C21H35ClN3O2S+. The van der Waals surface area contributed by atoms with Gasteiger partial charge < -0.3 is 4.74 Å². The van der Waals surface area contributed by atoms with Crippen LogP contribution < -0.4 is 0 Å². The smallest absolute Gasteiger partial charge is 0.400 e. The summed E-state index contributed by atoms with van der Waals surface area (Å²) in [5.74, 6) is 0. The second-order valence-electron chi connectivity index (χ2n) is 8.06. The van der Waals surface area contributed by atoms with Crippen LogP contribution >= 0.6 is 23.3 Å². The van der Waals surface area contributed by atoms with Crippen molar-refractivity contribution in [2.24, 2.45) is 0 Å². The molecule has 2 rings (SSSR count). The van der Waals surface area contributed by atoms with Crippen molar-refractivity contribution < 1.29 is 14.0 Å². The predicted molar refractivity (Wildman–Crippen MR) is 117 cm³/mol. The molecule has 7 heteroatoms. The minimum Gasteiger partial charge on any atom is -0.400 e. The molecule has 2 atom stereocenters. The van der Waals surface area contributed by atoms with Crippen molar-refractivity contribution in [3.8, 4) is 0 Å². The highest BCUT2D eigenvalue weighted by atomic mass is 35.5. The summed E-state index contributed by atoms with van der Waals surface area (Å²) in [5, 5.41) is 0. The summed E-state index contributed by atoms with van der Waals surface area (Å²) in [6, 6.07) is 0. The fourth-order valence-electron chi connectivity index (χ4n) is 4.02. The maximum Gasteiger partial charge on any atom is 0.408 e. The average molecular weight is 429 g/mol. The van der Waals surface area contributed by atoms with E-state index < -0.39 is 5.43 Å². The van der Waals surface area contributed by atoms with Crippen LogP contribution in [0.3, 0.4) is 0 Å². The Bertz CT molecular complexity index is 649. The van der Waals surface area contributed by atoms with E-state index in [1.807, 2.05) is 0 Å². The molecular weight excluding hydrogens is 394 g/mol. The van der Waals surface area contributed by atoms with Crippen molar-refractivity contribution in [1.82, 2.24) is 8.75 Å². The molecule has 5 nitrogen and oxygen atoms in total. The lowest BCUT2D eigenvalue weighted by Crippen LogP contribution is -2.56. The van der Waals surface area contributed by atoms with Crippen molar-refractivity contribution in [2.75, 3.05) is 20.1 Å². The number of likely N-dealkylation sites (N-methyl/N-ethyl adjacent to an activating group) is 1. The zero-order valence-corrected chi connectivity index (χ0v) is 19.2. The molecule has 2 unspecified atom stereocenters. The molecule has 1 aliphatic rings. The van der Waals surface area contributed by atoms with Gasteiger partial charge in [-0.3, -0.25) is 4.48 Å². The van der Waals surface area contributed by atoms with Gasteiger partial charge in [0.05, 0.1) is 31.0 Å². The Hall–Kier alpha value is -0.980. The molecule has 0 aromatic carbocycles. The van der Waals surface area contributed by atoms with E-state index in [4.69, 9.17) is 16.3 Å². The molecule has 1 aromatic rings. The van der Waals surface area contributed by atoms with Crippen molar-refractivity contribution in [3.05, 3.63) is 17.5 Å². The lowest BCUT2D eigenvalue weighted by Gasteiger charge is -2.42. The lowest BCUT2D eigenvalue weighted by atomic mass is 9.99. The van der Waals surface area contributed by atoms with Crippen LogP contribution in [0.2, 0.25) is 0 Å². The molecule has 0 amide bonds. The van der Waals surface area contributed by atoms with Gasteiger partial charge in [-0.25, -0.2) is 4.79 Å². The number of unbranched alkanes of at least 4 members (excludes halogenated alkanes) is 5. The van der Waals surface area contributed by atoms with E-state index in [0.29, 0.717) is 4.48 Å². The van der Waals surface area contributed by atoms with E-state index in [1.54, 1.807) is 0 Å². The van der Waals surface area contributed by atoms with Gasteiger partial charge in [0.1, 0.15) is 12.2 Å². The van der Waals surface area contributed by atoms with E-state index in [0.717, 1.165) is 50.2 Å². The van der Waals surface area contributed by atoms with Crippen LogP contribution in [0.25, 0.3) is 5.57 Å². The number of aromatic nitrogens is 2. The average Bonchev–Trinajstić information content (AvgIpc) is 3.12. The van der Waals surface area contributed by atoms with Gasteiger partial charge in [-0.2, -0.15) is 8.75 Å². The van der Waals surface area contributed by atoms with Gasteiger partial charge in [-0.05, 0) is 19.3 Å². The molecule has 0 N–H and O–H groups in total. The fourth-order valence-corrected chi connectivity index (χ4v) is 4.75. The zero-order chi connectivity index (χ0) is 20.4. The number of carbonyl (C=O) groups excluding carboxylic acids is 1. The second kappa shape index (κ2) is 11.9. The van der Waals surface area contributed by atoms with Crippen LogP contribution in [-0.4, -0.2) is 45.0 Å². The van der Waals surface area contributed by atoms with Crippen LogP contribution in [0.15, 0.2) is 6.08 Å². The summed E-state index contributed by atoms with van der Waals surface area (Å²) in [7, 11) is 2.15. The Labute approximate surface area is 179 Å². The number of halogens is 1. The van der Waals surface area contributed by atoms with Gasteiger partial charge in [0.15, 0.2) is 0 Å². The molecule has 1 aliphatic heterocycles. The predicted octanol–water partition coefficient (Wildman–Crippen LogP) is 6.18. The highest BCUT2D eigenvalue weighted by molar-refractivity contribution is 6.99. The van der Waals surface area contributed by atoms with E-state index >= 15 is 0 Å². The van der Waals surface area contributed by atoms with E-state index in [-0.39, 0.29) is 6.23 Å². The van der Waals surface area contributed by atoms with Crippen molar-refractivity contribution in [1.29, 1.82) is 0 Å². The molecule has 0 spiro atoms. The minimum atomic E-state index is -0.715. The van der Waals surface area contributed by atoms with Gasteiger partial charge in [0.2, 0.25) is 6.23 Å². The quantitative estimate of drug-likeness (QED) is 0.226. The first-order valence-electron chi connectivity index (χ1n) is 10.7. The normalized spacial score (nSPS) is 20.6. The number of quaternary nitrogens is 1. The molecule has 0 radical (unpaired) electrons. The monoisotopic (exact) mass is 428 g/mol. The zero-order valence-electron chi connectivity index (χ0n) is 17.6. The van der Waals surface area contributed by atoms with E-state index in [2.05, 4.69) is 35.7 Å². The summed E-state index contributed by atoms with van der Waals surface area (Å²) >= 11 is 6.85. The Balaban J connectivity index is 2.01. The standard InChI is InChI=1S/C21H35ClN3O2S/c1-4-6-7-8-9-10-14-18-20(24-28-23-18)17-13-11-15-25(3,16-17)19(12-5-2)27-21(22)26/h13,19H,4-12,14-16H2,1-3H3/q+1. The van der Waals surface area contributed by atoms with Gasteiger partial charge in [-0.15, -0.1) is 0 Å². The minimum absolute atomic E-state index is 0.215. The van der Waals surface area contributed by atoms with Crippen LogP contribution in [0.4, 0.5) is 4.79 Å². The maximum atomic E-state index is 11.4. The summed E-state index contributed by atoms with van der Waals surface area (Å²) < 4.78 is 15.3. The van der Waals surface area contributed by atoms with E-state index in [1.165, 1.54) is 55.8 Å². The number of hydrogen-bond donors (Lipinski definition) is 0. The van der Waals surface area contributed by atoms with Crippen molar-refractivity contribution in [3.63, 3.8) is 0 Å². The third-order valence-corrected chi connectivity index (χ3v) is 6.30. The van der Waals surface area contributed by atoms with Crippen LogP contribution in [0.5, 0.6) is 0 Å². The summed E-state index contributed by atoms with van der Waals surface area (Å²) in [6.07, 6.45) is 13.4. The Morgan fingerprint density at radius 1 is 1.21 bits per heavy atom. The van der Waals surface area contributed by atoms with Gasteiger partial charge in [0, 0.05) is 30.0 Å². The Morgan fingerprint density at radius 3 is 2.68 bits per heavy atom. The largest absolute Gasteiger partial charge is 0.408 e. The number of carbonyl (C=O) groups is 1. The molecule has 0 saturated carbocycles. The summed E-state index contributed by atoms with van der Waals surface area (Å²) in [6.45, 7) is 6.08. The number of nitrogens with zero attached hydrogens (tertiary/aromatic N) is 3. The maximum absolute atomic E-state index is 11.4. The molecule has 0 bridgehead atoms. The number of aryl methyl sites for hydroxylation is 1. The van der Waals surface area contributed by atoms with Crippen LogP contribution in [0, 0.1) is 0 Å². The first-order chi connectivity index (χ1) is 13.5. The Morgan fingerprint density at radius 2 is 1.96 bits per heavy atom. The molecule has 1 aromatic heterocycles. The SMILES string of the molecule is CCCCCCCCc1nsnc1C1=CCC[N+](C)(C(CCC)OC(=O)Cl)C1. The number of rotatable bonds is 12. The third-order valence-electron chi connectivity index (χ3n) is 5.65. The fraction of sp³-hybridized carbons (Fsp3) is 0.762. The molecule has 0 fully saturated rings. The topological polar surface area (TPSA) is 52.1 Å². The third kappa shape index (κ3) is 6.82. The molecule has 158 valence electrons. The van der Waals surface area contributed by atoms with Gasteiger partial charge in [0.25, 0.3) is 0 Å². The molecule has 2 heterocycles. The number of hydrogen-bond acceptors (Lipinski definition) is 5. The second-order valence-corrected chi connectivity index (χ2v) is 8.89. The van der Waals surface area contributed by atoms with Crippen molar-refractivity contribution in [2.45, 2.75) is 84.3 Å².